The van der Waals surface area contributed by atoms with Gasteiger partial charge in [0.1, 0.15) is 23.9 Å². The molecule has 134 valence electrons. The standard InChI is InChI=1S/C16H12F3N5O2/c17-9-4-10-14(15(20)21-6-12(25)26)23-24(16(10)22-5-9)7-8-2-1-3-11(18)13(8)19/h1-5H,6-7H2,(H2,20,21)(H,25,26). The summed E-state index contributed by atoms with van der Waals surface area (Å²) in [4.78, 5) is 18.2. The van der Waals surface area contributed by atoms with Gasteiger partial charge in [0.15, 0.2) is 17.3 Å². The van der Waals surface area contributed by atoms with Crippen molar-refractivity contribution in [3.63, 3.8) is 0 Å². The Bertz CT molecular complexity index is 1030. The van der Waals surface area contributed by atoms with Crippen molar-refractivity contribution in [2.45, 2.75) is 6.54 Å². The first-order chi connectivity index (χ1) is 12.4. The number of aromatic nitrogens is 3. The number of nitrogens with two attached hydrogens (primary N) is 1. The Kier molecular flexibility index (Phi) is 4.57. The molecule has 7 nitrogen and oxygen atoms in total. The molecule has 3 aromatic rings. The van der Waals surface area contributed by atoms with Crippen LogP contribution >= 0.6 is 0 Å². The largest absolute Gasteiger partial charge is 0.480 e. The number of fused-ring (bicyclic) bond motifs is 1. The van der Waals surface area contributed by atoms with Crippen LogP contribution in [0.4, 0.5) is 13.2 Å². The Balaban J connectivity index is 2.10. The van der Waals surface area contributed by atoms with Gasteiger partial charge in [-0.1, -0.05) is 12.1 Å². The van der Waals surface area contributed by atoms with Gasteiger partial charge in [-0.15, -0.1) is 0 Å². The molecule has 0 fully saturated rings. The first-order valence-corrected chi connectivity index (χ1v) is 7.34. The molecule has 3 N–H and O–H groups in total. The fourth-order valence-electron chi connectivity index (χ4n) is 2.39. The highest BCUT2D eigenvalue weighted by atomic mass is 19.2. The molecule has 1 aromatic carbocycles. The van der Waals surface area contributed by atoms with Crippen molar-refractivity contribution in [2.75, 3.05) is 6.54 Å². The number of nitrogens with zero attached hydrogens (tertiary/aromatic N) is 4. The summed E-state index contributed by atoms with van der Waals surface area (Å²) >= 11 is 0. The molecule has 0 amide bonds. The number of pyridine rings is 1. The second-order valence-electron chi connectivity index (χ2n) is 5.34. The number of carboxylic acids is 1. The maximum Gasteiger partial charge on any atom is 0.325 e. The molecule has 26 heavy (non-hydrogen) atoms. The SMILES string of the molecule is NC(=NCC(=O)O)c1nn(Cc2cccc(F)c2F)c2ncc(F)cc12. The summed E-state index contributed by atoms with van der Waals surface area (Å²) in [6, 6.07) is 4.80. The van der Waals surface area contributed by atoms with Crippen LogP contribution in [0.5, 0.6) is 0 Å². The van der Waals surface area contributed by atoms with Gasteiger partial charge in [0.05, 0.1) is 18.1 Å². The number of halogens is 3. The van der Waals surface area contributed by atoms with Crippen LogP contribution in [0.2, 0.25) is 0 Å². The van der Waals surface area contributed by atoms with Crippen molar-refractivity contribution in [2.24, 2.45) is 10.7 Å². The van der Waals surface area contributed by atoms with Crippen LogP contribution in [0.3, 0.4) is 0 Å². The highest BCUT2D eigenvalue weighted by Gasteiger charge is 2.18. The number of rotatable bonds is 5. The molecule has 0 aliphatic heterocycles. The predicted molar refractivity (Wildman–Crippen MR) is 86.2 cm³/mol. The third kappa shape index (κ3) is 3.34. The lowest BCUT2D eigenvalue weighted by atomic mass is 10.2. The number of carbonyl (C=O) groups is 1. The highest BCUT2D eigenvalue weighted by Crippen LogP contribution is 2.20. The van der Waals surface area contributed by atoms with Gasteiger partial charge in [-0.3, -0.25) is 9.79 Å². The van der Waals surface area contributed by atoms with Crippen LogP contribution in [0.15, 0.2) is 35.5 Å². The lowest BCUT2D eigenvalue weighted by Crippen LogP contribution is -2.17. The average Bonchev–Trinajstić information content (AvgIpc) is 2.94. The first-order valence-electron chi connectivity index (χ1n) is 7.34. The molecule has 10 heteroatoms. The second-order valence-corrected chi connectivity index (χ2v) is 5.34. The maximum absolute atomic E-state index is 13.9. The minimum absolute atomic E-state index is 0.00469. The minimum Gasteiger partial charge on any atom is -0.480 e. The second kappa shape index (κ2) is 6.82. The van der Waals surface area contributed by atoms with Gasteiger partial charge in [0.2, 0.25) is 0 Å². The van der Waals surface area contributed by atoms with E-state index in [1.807, 2.05) is 0 Å². The fourth-order valence-corrected chi connectivity index (χ4v) is 2.39. The Morgan fingerprint density at radius 2 is 2.08 bits per heavy atom. The molecule has 0 atom stereocenters. The molecule has 0 bridgehead atoms. The van der Waals surface area contributed by atoms with E-state index in [9.17, 15) is 18.0 Å². The normalized spacial score (nSPS) is 11.9. The number of aliphatic carboxylic acids is 1. The topological polar surface area (TPSA) is 106 Å². The van der Waals surface area contributed by atoms with Gasteiger partial charge in [0, 0.05) is 5.56 Å². The molecule has 0 radical (unpaired) electrons. The van der Waals surface area contributed by atoms with E-state index in [0.717, 1.165) is 18.3 Å². The Labute approximate surface area is 144 Å². The van der Waals surface area contributed by atoms with E-state index < -0.39 is 30.0 Å². The minimum atomic E-state index is -1.21. The third-order valence-electron chi connectivity index (χ3n) is 3.53. The van der Waals surface area contributed by atoms with Gasteiger partial charge in [0.25, 0.3) is 0 Å². The van der Waals surface area contributed by atoms with E-state index in [0.29, 0.717) is 0 Å². The van der Waals surface area contributed by atoms with Crippen molar-refractivity contribution >= 4 is 22.8 Å². The quantitative estimate of drug-likeness (QED) is 0.530. The molecular formula is C16H12F3N5O2. The number of hydrogen-bond donors (Lipinski definition) is 2. The molecule has 0 aliphatic rings. The van der Waals surface area contributed by atoms with E-state index in [2.05, 4.69) is 15.1 Å². The Hall–Kier alpha value is -3.43. The zero-order chi connectivity index (χ0) is 18.8. The van der Waals surface area contributed by atoms with Gasteiger partial charge in [-0.05, 0) is 12.1 Å². The summed E-state index contributed by atoms with van der Waals surface area (Å²) in [5.41, 5.74) is 5.92. The van der Waals surface area contributed by atoms with Crippen molar-refractivity contribution in [1.29, 1.82) is 0 Å². The van der Waals surface area contributed by atoms with Gasteiger partial charge in [-0.2, -0.15) is 5.10 Å². The summed E-state index contributed by atoms with van der Waals surface area (Å²) in [5.74, 6) is -4.15. The number of benzene rings is 1. The molecule has 0 aliphatic carbocycles. The molecular weight excluding hydrogens is 351 g/mol. The van der Waals surface area contributed by atoms with E-state index in [4.69, 9.17) is 10.8 Å². The van der Waals surface area contributed by atoms with E-state index >= 15 is 0 Å². The van der Waals surface area contributed by atoms with Gasteiger partial charge < -0.3 is 10.8 Å². The molecule has 2 aromatic heterocycles. The zero-order valence-corrected chi connectivity index (χ0v) is 13.2. The monoisotopic (exact) mass is 363 g/mol. The summed E-state index contributed by atoms with van der Waals surface area (Å²) in [7, 11) is 0. The van der Waals surface area contributed by atoms with Crippen LogP contribution in [0, 0.1) is 17.5 Å². The molecule has 3 rings (SSSR count). The number of hydrogen-bond acceptors (Lipinski definition) is 4. The average molecular weight is 363 g/mol. The van der Waals surface area contributed by atoms with Crippen molar-refractivity contribution in [3.05, 3.63) is 59.2 Å². The van der Waals surface area contributed by atoms with Crippen molar-refractivity contribution < 1.29 is 23.1 Å². The lowest BCUT2D eigenvalue weighted by Gasteiger charge is -2.05. The van der Waals surface area contributed by atoms with Gasteiger partial charge >= 0.3 is 5.97 Å². The molecule has 0 saturated carbocycles. The summed E-state index contributed by atoms with van der Waals surface area (Å²) in [6.45, 7) is -0.785. The van der Waals surface area contributed by atoms with Crippen molar-refractivity contribution in [1.82, 2.24) is 14.8 Å². The van der Waals surface area contributed by atoms with Crippen LogP contribution in [0.25, 0.3) is 11.0 Å². The fraction of sp³-hybridized carbons (Fsp3) is 0.125. The summed E-state index contributed by atoms with van der Waals surface area (Å²) in [5, 5.41) is 13.0. The lowest BCUT2D eigenvalue weighted by molar-refractivity contribution is -0.135. The smallest absolute Gasteiger partial charge is 0.325 e. The van der Waals surface area contributed by atoms with Crippen LogP contribution in [-0.4, -0.2) is 38.2 Å². The molecule has 0 saturated heterocycles. The first kappa shape index (κ1) is 17.4. The Morgan fingerprint density at radius 3 is 2.81 bits per heavy atom. The summed E-state index contributed by atoms with van der Waals surface area (Å²) < 4.78 is 42.1. The van der Waals surface area contributed by atoms with E-state index in [1.54, 1.807) is 0 Å². The Morgan fingerprint density at radius 1 is 1.31 bits per heavy atom. The van der Waals surface area contributed by atoms with Crippen molar-refractivity contribution in [3.8, 4) is 0 Å². The molecule has 0 unspecified atom stereocenters. The zero-order valence-electron chi connectivity index (χ0n) is 13.2. The van der Waals surface area contributed by atoms with E-state index in [-0.39, 0.29) is 34.7 Å². The maximum atomic E-state index is 13.9. The van der Waals surface area contributed by atoms with Crippen LogP contribution in [-0.2, 0) is 11.3 Å². The number of carboxylic acid groups (broad SMARTS) is 1. The van der Waals surface area contributed by atoms with E-state index in [1.165, 1.54) is 16.8 Å². The van der Waals surface area contributed by atoms with Crippen LogP contribution < -0.4 is 5.73 Å². The molecule has 0 spiro atoms. The number of amidine groups is 1. The third-order valence-corrected chi connectivity index (χ3v) is 3.53. The number of aliphatic imine (C=N–C) groups is 1. The predicted octanol–water partition coefficient (Wildman–Crippen LogP) is 1.69. The van der Waals surface area contributed by atoms with Crippen LogP contribution in [0.1, 0.15) is 11.3 Å². The van der Waals surface area contributed by atoms with Gasteiger partial charge in [-0.25, -0.2) is 22.8 Å². The molecule has 2 heterocycles. The summed E-state index contributed by atoms with van der Waals surface area (Å²) in [6.07, 6.45) is 0.941. The highest BCUT2D eigenvalue weighted by molar-refractivity contribution is 6.06.